The van der Waals surface area contributed by atoms with Crippen LogP contribution in [0.1, 0.15) is 74.8 Å². The molecule has 3 aromatic rings. The van der Waals surface area contributed by atoms with Crippen LogP contribution in [-0.4, -0.2) is 45.5 Å². The number of phenolic OH excluding ortho intramolecular Hbond substituents is 2. The summed E-state index contributed by atoms with van der Waals surface area (Å²) in [6.45, 7) is 6.84. The van der Waals surface area contributed by atoms with E-state index in [1.54, 1.807) is 11.5 Å². The lowest BCUT2D eigenvalue weighted by molar-refractivity contribution is -0.129. The topological polar surface area (TPSA) is 157 Å². The van der Waals surface area contributed by atoms with Crippen molar-refractivity contribution in [2.75, 3.05) is 18.4 Å². The number of phenols is 2. The minimum atomic E-state index is -0.390. The maximum atomic E-state index is 12.8. The second kappa shape index (κ2) is 13.5. The zero-order valence-corrected chi connectivity index (χ0v) is 22.0. The van der Waals surface area contributed by atoms with E-state index in [-0.39, 0.29) is 34.8 Å². The van der Waals surface area contributed by atoms with Gasteiger partial charge < -0.3 is 25.4 Å². The van der Waals surface area contributed by atoms with E-state index in [1.807, 2.05) is 45.0 Å². The number of hydrogen-bond acceptors (Lipinski definition) is 8. The van der Waals surface area contributed by atoms with Crippen molar-refractivity contribution >= 4 is 17.5 Å². The molecule has 204 valence electrons. The molecule has 0 saturated heterocycles. The van der Waals surface area contributed by atoms with Crippen LogP contribution < -0.4 is 16.1 Å². The number of benzene rings is 2. The van der Waals surface area contributed by atoms with Gasteiger partial charge in [0.1, 0.15) is 11.5 Å². The number of aromatic nitrogens is 1. The summed E-state index contributed by atoms with van der Waals surface area (Å²) in [5, 5.41) is 39.6. The first-order chi connectivity index (χ1) is 18.3. The predicted octanol–water partition coefficient (Wildman–Crippen LogP) is 5.16. The van der Waals surface area contributed by atoms with Gasteiger partial charge >= 0.3 is 0 Å². The van der Waals surface area contributed by atoms with Crippen LogP contribution in [0.15, 0.2) is 40.9 Å². The summed E-state index contributed by atoms with van der Waals surface area (Å²) in [5.74, 6) is -0.719. The molecular formula is C28H36N4O6. The molecule has 0 fully saturated rings. The highest BCUT2D eigenvalue weighted by atomic mass is 16.5. The average Bonchev–Trinajstić information content (AvgIpc) is 3.33. The van der Waals surface area contributed by atoms with Crippen molar-refractivity contribution in [2.45, 2.75) is 58.8 Å². The van der Waals surface area contributed by atoms with Crippen molar-refractivity contribution in [2.24, 2.45) is 0 Å². The number of amides is 2. The number of aromatic hydroxyl groups is 2. The molecule has 2 aromatic carbocycles. The Morgan fingerprint density at radius 3 is 2.37 bits per heavy atom. The van der Waals surface area contributed by atoms with E-state index in [1.165, 1.54) is 6.07 Å². The molecule has 0 aliphatic heterocycles. The molecule has 2 amide bonds. The van der Waals surface area contributed by atoms with Gasteiger partial charge in [0.2, 0.25) is 5.91 Å². The third-order valence-electron chi connectivity index (χ3n) is 6.21. The molecule has 0 saturated carbocycles. The van der Waals surface area contributed by atoms with E-state index in [4.69, 9.17) is 9.73 Å². The number of hydrogen-bond donors (Lipinski definition) is 6. The largest absolute Gasteiger partial charge is 0.508 e. The van der Waals surface area contributed by atoms with Gasteiger partial charge in [-0.3, -0.25) is 14.8 Å². The minimum absolute atomic E-state index is 0.00557. The molecule has 1 aromatic heterocycles. The smallest absolute Gasteiger partial charge is 0.274 e. The Hall–Kier alpha value is -4.05. The van der Waals surface area contributed by atoms with Gasteiger partial charge in [-0.1, -0.05) is 44.0 Å². The fourth-order valence-corrected chi connectivity index (χ4v) is 4.19. The average molecular weight is 525 g/mol. The zero-order valence-electron chi connectivity index (χ0n) is 22.0. The second-order valence-electron chi connectivity index (χ2n) is 9.38. The number of nitrogens with one attached hydrogen (secondary N) is 3. The van der Waals surface area contributed by atoms with E-state index in [0.717, 1.165) is 37.9 Å². The molecule has 1 heterocycles. The van der Waals surface area contributed by atoms with Crippen LogP contribution in [-0.2, 0) is 4.79 Å². The molecular weight excluding hydrogens is 488 g/mol. The molecule has 0 spiro atoms. The van der Waals surface area contributed by atoms with Crippen LogP contribution in [0.4, 0.5) is 5.69 Å². The molecule has 10 nitrogen and oxygen atoms in total. The van der Waals surface area contributed by atoms with Crippen LogP contribution in [0.3, 0.4) is 0 Å². The molecule has 0 radical (unpaired) electrons. The van der Waals surface area contributed by atoms with Gasteiger partial charge in [0.25, 0.3) is 5.91 Å². The van der Waals surface area contributed by atoms with Crippen LogP contribution in [0.25, 0.3) is 22.5 Å². The van der Waals surface area contributed by atoms with Gasteiger partial charge in [-0.25, -0.2) is 5.48 Å². The van der Waals surface area contributed by atoms with E-state index in [9.17, 15) is 19.8 Å². The Balaban J connectivity index is 1.81. The molecule has 0 atom stereocenters. The normalized spacial score (nSPS) is 11.0. The highest BCUT2D eigenvalue weighted by molar-refractivity contribution is 6.02. The van der Waals surface area contributed by atoms with Gasteiger partial charge in [0.15, 0.2) is 11.5 Å². The number of nitrogens with zero attached hydrogens (tertiary/aromatic N) is 1. The van der Waals surface area contributed by atoms with E-state index in [2.05, 4.69) is 15.8 Å². The van der Waals surface area contributed by atoms with Gasteiger partial charge in [-0.05, 0) is 55.0 Å². The SMILES string of the molecule is CCNC(=O)c1noc(-c2cc(C(C)C)c(O)cc2O)c1-c1ccc(NCCCCCCC(=O)NO)cc1. The molecule has 6 N–H and O–H groups in total. The quantitative estimate of drug-likeness (QED) is 0.102. The number of unbranched alkanes of at least 4 members (excludes halogenated alkanes) is 3. The van der Waals surface area contributed by atoms with Crippen molar-refractivity contribution in [3.63, 3.8) is 0 Å². The van der Waals surface area contributed by atoms with Crippen LogP contribution in [0.5, 0.6) is 11.5 Å². The number of carbonyl (C=O) groups excluding carboxylic acids is 2. The number of anilines is 1. The molecule has 0 bridgehead atoms. The molecule has 0 unspecified atom stereocenters. The lowest BCUT2D eigenvalue weighted by Gasteiger charge is -2.13. The molecule has 3 rings (SSSR count). The van der Waals surface area contributed by atoms with E-state index in [0.29, 0.717) is 35.2 Å². The first-order valence-corrected chi connectivity index (χ1v) is 12.9. The fourth-order valence-electron chi connectivity index (χ4n) is 4.19. The predicted molar refractivity (Wildman–Crippen MR) is 144 cm³/mol. The summed E-state index contributed by atoms with van der Waals surface area (Å²) < 4.78 is 5.62. The highest BCUT2D eigenvalue weighted by Gasteiger charge is 2.27. The summed E-state index contributed by atoms with van der Waals surface area (Å²) in [6, 6.07) is 10.4. The zero-order chi connectivity index (χ0) is 27.7. The Morgan fingerprint density at radius 2 is 1.71 bits per heavy atom. The van der Waals surface area contributed by atoms with Crippen molar-refractivity contribution in [1.29, 1.82) is 0 Å². The van der Waals surface area contributed by atoms with E-state index >= 15 is 0 Å². The van der Waals surface area contributed by atoms with Gasteiger partial charge in [0, 0.05) is 31.3 Å². The van der Waals surface area contributed by atoms with Crippen LogP contribution in [0, 0.1) is 0 Å². The van der Waals surface area contributed by atoms with Crippen molar-refractivity contribution in [3.8, 4) is 33.9 Å². The molecule has 0 aliphatic rings. The maximum absolute atomic E-state index is 12.8. The first-order valence-electron chi connectivity index (χ1n) is 12.9. The molecule has 38 heavy (non-hydrogen) atoms. The number of rotatable bonds is 13. The fraction of sp³-hybridized carbons (Fsp3) is 0.393. The summed E-state index contributed by atoms with van der Waals surface area (Å²) in [7, 11) is 0. The summed E-state index contributed by atoms with van der Waals surface area (Å²) in [5.41, 5.74) is 4.76. The monoisotopic (exact) mass is 524 g/mol. The number of carbonyl (C=O) groups is 2. The van der Waals surface area contributed by atoms with Crippen molar-refractivity contribution in [1.82, 2.24) is 16.0 Å². The summed E-state index contributed by atoms with van der Waals surface area (Å²) in [6.07, 6.45) is 3.83. The highest BCUT2D eigenvalue weighted by Crippen LogP contribution is 2.43. The minimum Gasteiger partial charge on any atom is -0.508 e. The number of hydroxylamine groups is 1. The summed E-state index contributed by atoms with van der Waals surface area (Å²) in [4.78, 5) is 23.8. The molecule has 10 heteroatoms. The first kappa shape index (κ1) is 28.5. The maximum Gasteiger partial charge on any atom is 0.274 e. The Kier molecular flexibility index (Phi) is 10.1. The Labute approximate surface area is 222 Å². The van der Waals surface area contributed by atoms with Gasteiger partial charge in [-0.2, -0.15) is 0 Å². The molecule has 0 aliphatic carbocycles. The van der Waals surface area contributed by atoms with E-state index < -0.39 is 5.91 Å². The third-order valence-corrected chi connectivity index (χ3v) is 6.21. The standard InChI is InChI=1S/C28H36N4O6/c1-4-29-28(36)26-25(27(38-32-26)21-15-20(17(2)3)22(33)16-23(21)34)18-10-12-19(13-11-18)30-14-8-6-5-7-9-24(35)31-37/h10-13,15-17,30,33-34,37H,4-9,14H2,1-3H3,(H,29,36)(H,31,35). The lowest BCUT2D eigenvalue weighted by atomic mass is 9.94. The van der Waals surface area contributed by atoms with Gasteiger partial charge in [-0.15, -0.1) is 0 Å². The van der Waals surface area contributed by atoms with Crippen LogP contribution >= 0.6 is 0 Å². The third kappa shape index (κ3) is 7.04. The van der Waals surface area contributed by atoms with Crippen molar-refractivity contribution in [3.05, 3.63) is 47.7 Å². The summed E-state index contributed by atoms with van der Waals surface area (Å²) >= 11 is 0. The Morgan fingerprint density at radius 1 is 1.00 bits per heavy atom. The lowest BCUT2D eigenvalue weighted by Crippen LogP contribution is -2.23. The van der Waals surface area contributed by atoms with Crippen LogP contribution in [0.2, 0.25) is 0 Å². The second-order valence-corrected chi connectivity index (χ2v) is 9.38. The Bertz CT molecular complexity index is 1240. The van der Waals surface area contributed by atoms with Gasteiger partial charge in [0.05, 0.1) is 11.1 Å². The van der Waals surface area contributed by atoms with Crippen molar-refractivity contribution < 1.29 is 29.5 Å².